The molecule has 1 N–H and O–H groups in total. The van der Waals surface area contributed by atoms with Crippen LogP contribution in [0.2, 0.25) is 0 Å². The fourth-order valence-electron chi connectivity index (χ4n) is 3.03. The quantitative estimate of drug-likeness (QED) is 0.901. The Kier molecular flexibility index (Phi) is 4.86. The van der Waals surface area contributed by atoms with E-state index >= 15 is 0 Å². The lowest BCUT2D eigenvalue weighted by molar-refractivity contribution is 0.0764. The minimum absolute atomic E-state index is 0.0613. The molecule has 1 saturated heterocycles. The summed E-state index contributed by atoms with van der Waals surface area (Å²) in [6.45, 7) is 10.3. The van der Waals surface area contributed by atoms with Crippen LogP contribution in [0.1, 0.15) is 57.4 Å². The van der Waals surface area contributed by atoms with E-state index in [9.17, 15) is 4.79 Å². The summed E-state index contributed by atoms with van der Waals surface area (Å²) < 4.78 is 0. The van der Waals surface area contributed by atoms with Crippen molar-refractivity contribution in [3.05, 3.63) is 23.9 Å². The van der Waals surface area contributed by atoms with Gasteiger partial charge in [0.05, 0.1) is 0 Å². The summed E-state index contributed by atoms with van der Waals surface area (Å²) in [5, 5.41) is 3.25. The SMILES string of the molecule is CCC1(CC)CCN(C(=O)c2cccc(NC(C)C)n2)C1. The van der Waals surface area contributed by atoms with Crippen molar-refractivity contribution in [1.82, 2.24) is 9.88 Å². The van der Waals surface area contributed by atoms with Crippen molar-refractivity contribution in [2.45, 2.75) is 53.0 Å². The third-order valence-electron chi connectivity index (χ3n) is 4.63. The van der Waals surface area contributed by atoms with Gasteiger partial charge in [0.15, 0.2) is 0 Å². The third kappa shape index (κ3) is 3.55. The summed E-state index contributed by atoms with van der Waals surface area (Å²) in [5.41, 5.74) is 0.854. The number of amides is 1. The number of hydrogen-bond donors (Lipinski definition) is 1. The van der Waals surface area contributed by atoms with E-state index in [4.69, 9.17) is 0 Å². The molecule has 1 aromatic heterocycles. The Morgan fingerprint density at radius 2 is 2.10 bits per heavy atom. The van der Waals surface area contributed by atoms with Crippen molar-refractivity contribution in [2.75, 3.05) is 18.4 Å². The number of pyridine rings is 1. The minimum Gasteiger partial charge on any atom is -0.368 e. The molecule has 1 amide bonds. The van der Waals surface area contributed by atoms with Gasteiger partial charge in [0.25, 0.3) is 5.91 Å². The van der Waals surface area contributed by atoms with Gasteiger partial charge in [-0.05, 0) is 50.7 Å². The number of carbonyl (C=O) groups excluding carboxylic acids is 1. The Morgan fingerprint density at radius 1 is 1.38 bits per heavy atom. The standard InChI is InChI=1S/C17H27N3O/c1-5-17(6-2)10-11-20(12-17)16(21)14-8-7-9-15(19-14)18-13(3)4/h7-9,13H,5-6,10-12H2,1-4H3,(H,18,19). The molecule has 0 spiro atoms. The van der Waals surface area contributed by atoms with Crippen LogP contribution < -0.4 is 5.32 Å². The van der Waals surface area contributed by atoms with Gasteiger partial charge in [0.1, 0.15) is 11.5 Å². The molecular weight excluding hydrogens is 262 g/mol. The number of carbonyl (C=O) groups is 1. The molecule has 0 aromatic carbocycles. The summed E-state index contributed by atoms with van der Waals surface area (Å²) in [5.74, 6) is 0.832. The van der Waals surface area contributed by atoms with Crippen LogP contribution in [0.3, 0.4) is 0 Å². The first-order valence-corrected chi connectivity index (χ1v) is 8.02. The fourth-order valence-corrected chi connectivity index (χ4v) is 3.03. The molecule has 21 heavy (non-hydrogen) atoms. The molecule has 0 saturated carbocycles. The van der Waals surface area contributed by atoms with Gasteiger partial charge in [0.2, 0.25) is 0 Å². The van der Waals surface area contributed by atoms with Crippen LogP contribution in [0, 0.1) is 5.41 Å². The smallest absolute Gasteiger partial charge is 0.272 e. The van der Waals surface area contributed by atoms with E-state index in [0.29, 0.717) is 17.2 Å². The number of nitrogens with one attached hydrogen (secondary N) is 1. The second kappa shape index (κ2) is 6.46. The van der Waals surface area contributed by atoms with E-state index in [1.165, 1.54) is 0 Å². The molecule has 2 rings (SSSR count). The van der Waals surface area contributed by atoms with Gasteiger partial charge >= 0.3 is 0 Å². The molecule has 0 atom stereocenters. The van der Waals surface area contributed by atoms with Gasteiger partial charge in [0, 0.05) is 19.1 Å². The number of likely N-dealkylation sites (tertiary alicyclic amines) is 1. The number of rotatable bonds is 5. The third-order valence-corrected chi connectivity index (χ3v) is 4.63. The van der Waals surface area contributed by atoms with Crippen LogP contribution in [-0.4, -0.2) is 34.9 Å². The molecule has 1 aromatic rings. The monoisotopic (exact) mass is 289 g/mol. The van der Waals surface area contributed by atoms with E-state index in [1.54, 1.807) is 0 Å². The van der Waals surface area contributed by atoms with E-state index < -0.39 is 0 Å². The molecule has 0 radical (unpaired) electrons. The first-order chi connectivity index (χ1) is 9.99. The Balaban J connectivity index is 2.10. The first-order valence-electron chi connectivity index (χ1n) is 8.02. The van der Waals surface area contributed by atoms with Crippen molar-refractivity contribution < 1.29 is 4.79 Å². The highest BCUT2D eigenvalue weighted by Crippen LogP contribution is 2.37. The van der Waals surface area contributed by atoms with E-state index in [1.807, 2.05) is 23.1 Å². The van der Waals surface area contributed by atoms with Crippen LogP contribution in [-0.2, 0) is 0 Å². The molecule has 116 valence electrons. The van der Waals surface area contributed by atoms with E-state index in [0.717, 1.165) is 38.2 Å². The van der Waals surface area contributed by atoms with Crippen LogP contribution in [0.5, 0.6) is 0 Å². The predicted octanol–water partition coefficient (Wildman–Crippen LogP) is 3.55. The number of nitrogens with zero attached hydrogens (tertiary/aromatic N) is 2. The van der Waals surface area contributed by atoms with Crippen LogP contribution >= 0.6 is 0 Å². The van der Waals surface area contributed by atoms with Crippen molar-refractivity contribution >= 4 is 11.7 Å². The lowest BCUT2D eigenvalue weighted by Crippen LogP contribution is -2.32. The summed E-state index contributed by atoms with van der Waals surface area (Å²) in [6.07, 6.45) is 3.38. The maximum Gasteiger partial charge on any atom is 0.272 e. The molecule has 1 fully saturated rings. The van der Waals surface area contributed by atoms with Crippen LogP contribution in [0.4, 0.5) is 5.82 Å². The van der Waals surface area contributed by atoms with Gasteiger partial charge < -0.3 is 10.2 Å². The number of anilines is 1. The maximum atomic E-state index is 12.6. The van der Waals surface area contributed by atoms with Crippen molar-refractivity contribution in [3.8, 4) is 0 Å². The highest BCUT2D eigenvalue weighted by molar-refractivity contribution is 5.92. The fraction of sp³-hybridized carbons (Fsp3) is 0.647. The largest absolute Gasteiger partial charge is 0.368 e. The molecule has 1 aliphatic rings. The summed E-state index contributed by atoms with van der Waals surface area (Å²) >= 11 is 0. The highest BCUT2D eigenvalue weighted by atomic mass is 16.2. The zero-order chi connectivity index (χ0) is 15.5. The number of hydrogen-bond acceptors (Lipinski definition) is 3. The number of aromatic nitrogens is 1. The average molecular weight is 289 g/mol. The Bertz CT molecular complexity index is 495. The Hall–Kier alpha value is -1.58. The molecule has 0 bridgehead atoms. The zero-order valence-corrected chi connectivity index (χ0v) is 13.6. The second-order valence-electron chi connectivity index (χ2n) is 6.39. The summed E-state index contributed by atoms with van der Waals surface area (Å²) in [7, 11) is 0. The first kappa shape index (κ1) is 15.8. The van der Waals surface area contributed by atoms with Gasteiger partial charge in [-0.2, -0.15) is 0 Å². The van der Waals surface area contributed by atoms with Gasteiger partial charge in [-0.1, -0.05) is 19.9 Å². The van der Waals surface area contributed by atoms with Crippen molar-refractivity contribution in [1.29, 1.82) is 0 Å². The molecule has 0 unspecified atom stereocenters. The maximum absolute atomic E-state index is 12.6. The van der Waals surface area contributed by atoms with E-state index in [2.05, 4.69) is 38.0 Å². The predicted molar refractivity (Wildman–Crippen MR) is 86.5 cm³/mol. The molecule has 2 heterocycles. The van der Waals surface area contributed by atoms with Gasteiger partial charge in [-0.25, -0.2) is 4.98 Å². The molecule has 1 aliphatic heterocycles. The Labute approximate surface area is 127 Å². The lowest BCUT2D eigenvalue weighted by Gasteiger charge is -2.26. The highest BCUT2D eigenvalue weighted by Gasteiger charge is 2.37. The van der Waals surface area contributed by atoms with Gasteiger partial charge in [-0.3, -0.25) is 4.79 Å². The molecule has 4 nitrogen and oxygen atoms in total. The topological polar surface area (TPSA) is 45.2 Å². The van der Waals surface area contributed by atoms with Crippen molar-refractivity contribution in [3.63, 3.8) is 0 Å². The van der Waals surface area contributed by atoms with Gasteiger partial charge in [-0.15, -0.1) is 0 Å². The summed E-state index contributed by atoms with van der Waals surface area (Å²) in [4.78, 5) is 19.1. The minimum atomic E-state index is 0.0613. The van der Waals surface area contributed by atoms with Crippen LogP contribution in [0.15, 0.2) is 18.2 Å². The van der Waals surface area contributed by atoms with Crippen LogP contribution in [0.25, 0.3) is 0 Å². The molecule has 0 aliphatic carbocycles. The van der Waals surface area contributed by atoms with E-state index in [-0.39, 0.29) is 5.91 Å². The average Bonchev–Trinajstić information content (AvgIpc) is 2.91. The Morgan fingerprint density at radius 3 is 2.67 bits per heavy atom. The lowest BCUT2D eigenvalue weighted by atomic mass is 9.82. The second-order valence-corrected chi connectivity index (χ2v) is 6.39. The van der Waals surface area contributed by atoms with Crippen molar-refractivity contribution in [2.24, 2.45) is 5.41 Å². The zero-order valence-electron chi connectivity index (χ0n) is 13.6. The normalized spacial score (nSPS) is 17.3. The summed E-state index contributed by atoms with van der Waals surface area (Å²) in [6, 6.07) is 5.92. The molecular formula is C17H27N3O. The molecule has 4 heteroatoms.